The predicted molar refractivity (Wildman–Crippen MR) is 266 cm³/mol. The number of sulfone groups is 1. The largest absolute Gasteiger partial charge is 0.489 e. The van der Waals surface area contributed by atoms with E-state index in [2.05, 4.69) is 31.7 Å². The predicted octanol–water partition coefficient (Wildman–Crippen LogP) is 11.8. The summed E-state index contributed by atoms with van der Waals surface area (Å²) >= 11 is 25.2. The van der Waals surface area contributed by atoms with E-state index in [0.717, 1.165) is 34.8 Å². The Hall–Kier alpha value is -5.66. The van der Waals surface area contributed by atoms with Gasteiger partial charge >= 0.3 is 22.8 Å². The Morgan fingerprint density at radius 1 is 0.739 bits per heavy atom. The standard InChI is InChI=1S/C48H48Cl4N5O10S2/c1-28(40-27-64-46(55-40)57-69(8,60)61)65-36-13-9-33(10-14-36)48(5,6)35-22-31(42(39(52)24-35)63-20-18-50)26-54-43-45(68(7,58)59)67-44(56-43)29(2)66-37-15-11-32(12-16-37)47(3,4)34-21-30(25-53)41(38(51)23-34)62-19-17-49/h9-16,21-24,27-29H,17-20H2,1-8H3,(H,55,57)/q+1. The van der Waals surface area contributed by atoms with Crippen LogP contribution >= 0.6 is 46.4 Å². The monoisotopic (exact) mass is 1060 g/mol. The number of ether oxygens (including phenoxy) is 4. The van der Waals surface area contributed by atoms with Crippen molar-refractivity contribution >= 4 is 78.1 Å². The second kappa shape index (κ2) is 21.5. The van der Waals surface area contributed by atoms with Crippen LogP contribution in [0.1, 0.15) is 98.7 Å². The van der Waals surface area contributed by atoms with Crippen LogP contribution in [0.5, 0.6) is 23.0 Å². The Morgan fingerprint density at radius 2 is 1.23 bits per heavy atom. The molecule has 1 N–H and O–H groups in total. The molecule has 4 aromatic carbocycles. The SMILES string of the molecule is CC(Oc1ccc(C(C)(C)c2cc(Cl)c(OCCCl)c(C#[N+]c3nc(C(C)Oc4ccc(C(C)(C)c5cc(Cl)c(OCCCl)c(C#N)c5)cc4)oc3S(C)(=O)=O)c2)cc1)c1coc(NS(C)(=O)=O)n1. The van der Waals surface area contributed by atoms with Gasteiger partial charge in [-0.25, -0.2) is 21.6 Å². The molecule has 0 bridgehead atoms. The molecule has 69 heavy (non-hydrogen) atoms. The molecule has 2 heterocycles. The maximum Gasteiger partial charge on any atom is 0.484 e. The first kappa shape index (κ1) is 52.7. The first-order chi connectivity index (χ1) is 32.4. The second-order valence-electron chi connectivity index (χ2n) is 16.8. The smallest absolute Gasteiger partial charge is 0.484 e. The van der Waals surface area contributed by atoms with Gasteiger partial charge in [0, 0.05) is 22.1 Å². The molecular formula is C48H48Cl4N5O10S2+. The molecule has 6 rings (SSSR count). The van der Waals surface area contributed by atoms with Gasteiger partial charge in [-0.3, -0.25) is 0 Å². The number of anilines is 1. The molecule has 0 fully saturated rings. The minimum atomic E-state index is -4.00. The van der Waals surface area contributed by atoms with Crippen molar-refractivity contribution in [1.82, 2.24) is 9.97 Å². The minimum absolute atomic E-state index is 0.0568. The molecule has 0 radical (unpaired) electrons. The molecule has 2 unspecified atom stereocenters. The number of nitrogens with one attached hydrogen (secondary N) is 1. The molecule has 0 aliphatic carbocycles. The van der Waals surface area contributed by atoms with Crippen LogP contribution in [-0.4, -0.2) is 64.3 Å². The summed E-state index contributed by atoms with van der Waals surface area (Å²) in [5.74, 6) is 1.54. The summed E-state index contributed by atoms with van der Waals surface area (Å²) in [7, 11) is -7.57. The number of sulfonamides is 1. The Morgan fingerprint density at radius 3 is 1.71 bits per heavy atom. The highest BCUT2D eigenvalue weighted by Gasteiger charge is 2.35. The first-order valence-corrected chi connectivity index (χ1v) is 26.7. The molecule has 0 aliphatic heterocycles. The number of nitriles is 1. The lowest BCUT2D eigenvalue weighted by atomic mass is 9.77. The average Bonchev–Trinajstić information content (AvgIpc) is 3.95. The summed E-state index contributed by atoms with van der Waals surface area (Å²) in [6.07, 6.45) is 1.84. The van der Waals surface area contributed by atoms with Crippen LogP contribution in [0.2, 0.25) is 10.0 Å². The number of rotatable bonds is 19. The van der Waals surface area contributed by atoms with E-state index in [0.29, 0.717) is 33.3 Å². The highest BCUT2D eigenvalue weighted by atomic mass is 35.5. The third-order valence-electron chi connectivity index (χ3n) is 10.8. The van der Waals surface area contributed by atoms with Crippen molar-refractivity contribution in [2.75, 3.05) is 42.2 Å². The van der Waals surface area contributed by atoms with Crippen molar-refractivity contribution in [3.8, 4) is 35.1 Å². The Kier molecular flexibility index (Phi) is 16.5. The molecule has 2 atom stereocenters. The number of hydrogen-bond donors (Lipinski definition) is 1. The average molecular weight is 1060 g/mol. The van der Waals surface area contributed by atoms with E-state index in [1.165, 1.54) is 6.26 Å². The van der Waals surface area contributed by atoms with E-state index in [-0.39, 0.29) is 59.2 Å². The molecule has 0 saturated carbocycles. The molecular weight excluding hydrogens is 1010 g/mol. The van der Waals surface area contributed by atoms with Crippen molar-refractivity contribution in [2.45, 2.75) is 69.7 Å². The van der Waals surface area contributed by atoms with Gasteiger partial charge in [-0.2, -0.15) is 10.2 Å². The van der Waals surface area contributed by atoms with E-state index in [1.807, 2.05) is 52.0 Å². The van der Waals surface area contributed by atoms with Crippen molar-refractivity contribution in [1.29, 1.82) is 5.26 Å². The molecule has 0 spiro atoms. The summed E-state index contributed by atoms with van der Waals surface area (Å²) in [6, 6.07) is 26.6. The molecule has 2 aromatic heterocycles. The summed E-state index contributed by atoms with van der Waals surface area (Å²) in [5.41, 5.74) is 3.00. The van der Waals surface area contributed by atoms with Crippen molar-refractivity contribution in [3.05, 3.63) is 139 Å². The van der Waals surface area contributed by atoms with Crippen LogP contribution in [0, 0.1) is 17.4 Å². The Balaban J connectivity index is 1.24. The second-order valence-corrected chi connectivity index (χ2v) is 22.0. The fraction of sp³-hybridized carbons (Fsp3) is 0.333. The zero-order valence-corrected chi connectivity index (χ0v) is 43.3. The van der Waals surface area contributed by atoms with Crippen LogP contribution in [-0.2, 0) is 30.7 Å². The van der Waals surface area contributed by atoms with Gasteiger partial charge < -0.3 is 27.8 Å². The van der Waals surface area contributed by atoms with Crippen molar-refractivity contribution in [2.24, 2.45) is 0 Å². The van der Waals surface area contributed by atoms with Gasteiger partial charge in [-0.05, 0) is 84.6 Å². The highest BCUT2D eigenvalue weighted by molar-refractivity contribution is 7.92. The molecule has 0 amide bonds. The highest BCUT2D eigenvalue weighted by Crippen LogP contribution is 2.41. The van der Waals surface area contributed by atoms with Crippen molar-refractivity contribution < 1.29 is 44.6 Å². The number of benzene rings is 4. The lowest BCUT2D eigenvalue weighted by Crippen LogP contribution is -2.19. The maximum atomic E-state index is 13.0. The Labute approximate surface area is 421 Å². The van der Waals surface area contributed by atoms with E-state index >= 15 is 0 Å². The van der Waals surface area contributed by atoms with Crippen molar-refractivity contribution in [3.63, 3.8) is 0 Å². The lowest BCUT2D eigenvalue weighted by Gasteiger charge is -2.27. The summed E-state index contributed by atoms with van der Waals surface area (Å²) in [6.45, 7) is 11.7. The van der Waals surface area contributed by atoms with E-state index in [9.17, 15) is 22.1 Å². The van der Waals surface area contributed by atoms with E-state index < -0.39 is 48.0 Å². The van der Waals surface area contributed by atoms with Gasteiger partial charge in [0.25, 0.3) is 0 Å². The molecule has 0 aliphatic rings. The minimum Gasteiger partial charge on any atom is -0.489 e. The topological polar surface area (TPSA) is 197 Å². The van der Waals surface area contributed by atoms with Gasteiger partial charge in [-0.1, -0.05) is 75.2 Å². The molecule has 15 nitrogen and oxygen atoms in total. The lowest BCUT2D eigenvalue weighted by molar-refractivity contribution is 0.181. The number of halogens is 4. The fourth-order valence-electron chi connectivity index (χ4n) is 6.99. The number of nitrogens with zero attached hydrogens (tertiary/aromatic N) is 4. The van der Waals surface area contributed by atoms with Crippen LogP contribution < -0.4 is 23.7 Å². The zero-order chi connectivity index (χ0) is 50.5. The normalized spacial score (nSPS) is 12.9. The Bertz CT molecular complexity index is 3160. The molecule has 0 saturated heterocycles. The van der Waals surface area contributed by atoms with Crippen LogP contribution in [0.25, 0.3) is 4.85 Å². The summed E-state index contributed by atoms with van der Waals surface area (Å²) < 4.78 is 86.2. The van der Waals surface area contributed by atoms with Gasteiger partial charge in [0.05, 0.1) is 33.6 Å². The number of oxazole rings is 2. The number of alkyl halides is 2. The summed E-state index contributed by atoms with van der Waals surface area (Å²) in [4.78, 5) is 13.0. The van der Waals surface area contributed by atoms with Crippen LogP contribution in [0.3, 0.4) is 0 Å². The van der Waals surface area contributed by atoms with Crippen LogP contribution in [0.15, 0.2) is 93.0 Å². The van der Waals surface area contributed by atoms with Gasteiger partial charge in [0.15, 0.2) is 23.7 Å². The van der Waals surface area contributed by atoms with Gasteiger partial charge in [-0.15, -0.1) is 28.0 Å². The van der Waals surface area contributed by atoms with E-state index in [4.69, 9.17) is 74.2 Å². The number of hydrogen-bond acceptors (Lipinski definition) is 13. The van der Waals surface area contributed by atoms with Crippen LogP contribution in [0.4, 0.5) is 11.8 Å². The molecule has 6 aromatic rings. The van der Waals surface area contributed by atoms with Gasteiger partial charge in [0.1, 0.15) is 54.4 Å². The third-order valence-corrected chi connectivity index (χ3v) is 13.2. The fourth-order valence-corrected chi connectivity index (χ4v) is 8.77. The third kappa shape index (κ3) is 12.8. The zero-order valence-electron chi connectivity index (χ0n) is 38.7. The first-order valence-electron chi connectivity index (χ1n) is 21.1. The molecule has 21 heteroatoms. The summed E-state index contributed by atoms with van der Waals surface area (Å²) in [5, 5.41) is 9.86. The van der Waals surface area contributed by atoms with Gasteiger partial charge in [0.2, 0.25) is 19.9 Å². The number of aromatic nitrogens is 2. The molecule has 364 valence electrons. The maximum absolute atomic E-state index is 13.0. The quantitative estimate of drug-likeness (QED) is 0.0753. The van der Waals surface area contributed by atoms with E-state index in [1.54, 1.807) is 62.4 Å².